The van der Waals surface area contributed by atoms with E-state index in [-0.39, 0.29) is 6.04 Å². The molecule has 104 valence electrons. The zero-order chi connectivity index (χ0) is 13.3. The molecule has 2 aliphatic heterocycles. The maximum absolute atomic E-state index is 12.5. The Morgan fingerprint density at radius 3 is 3.05 bits per heavy atom. The number of nitrogens with one attached hydrogen (secondary N) is 2. The zero-order valence-corrected chi connectivity index (χ0v) is 11.5. The highest BCUT2D eigenvalue weighted by atomic mass is 32.2. The summed E-state index contributed by atoms with van der Waals surface area (Å²) in [6, 6.07) is 5.40. The molecule has 2 aliphatic rings. The maximum atomic E-state index is 12.5. The third-order valence-corrected chi connectivity index (χ3v) is 5.24. The summed E-state index contributed by atoms with van der Waals surface area (Å²) >= 11 is 0. The molecular formula is C13H18N2O3S. The fourth-order valence-electron chi connectivity index (χ4n) is 2.66. The molecule has 5 nitrogen and oxygen atoms in total. The van der Waals surface area contributed by atoms with E-state index in [0.717, 1.165) is 37.1 Å². The molecule has 0 amide bonds. The number of benzene rings is 1. The number of ether oxygens (including phenoxy) is 1. The molecule has 0 saturated carbocycles. The second-order valence-corrected chi connectivity index (χ2v) is 6.68. The fraction of sp³-hybridized carbons (Fsp3) is 0.538. The summed E-state index contributed by atoms with van der Waals surface area (Å²) in [6.45, 7) is 2.66. The summed E-state index contributed by atoms with van der Waals surface area (Å²) in [5, 5.41) is 3.26. The second-order valence-electron chi connectivity index (χ2n) is 5.00. The molecule has 0 spiro atoms. The van der Waals surface area contributed by atoms with Crippen LogP contribution in [0.25, 0.3) is 0 Å². The summed E-state index contributed by atoms with van der Waals surface area (Å²) in [5.41, 5.74) is 2.03. The van der Waals surface area contributed by atoms with Crippen LogP contribution in [0.2, 0.25) is 0 Å². The minimum absolute atomic E-state index is 0.0948. The lowest BCUT2D eigenvalue weighted by molar-refractivity contribution is 0.192. The van der Waals surface area contributed by atoms with Gasteiger partial charge in [-0.25, -0.2) is 13.1 Å². The van der Waals surface area contributed by atoms with E-state index < -0.39 is 10.0 Å². The van der Waals surface area contributed by atoms with E-state index in [1.54, 1.807) is 6.07 Å². The number of rotatable bonds is 3. The number of hydrogen-bond acceptors (Lipinski definition) is 4. The van der Waals surface area contributed by atoms with Crippen LogP contribution in [0.15, 0.2) is 23.1 Å². The SMILES string of the molecule is O=S(=O)(NC1CCOC1)c1cccc2c1CCNC2. The Hall–Kier alpha value is -0.950. The van der Waals surface area contributed by atoms with Crippen molar-refractivity contribution in [2.45, 2.75) is 30.3 Å². The molecule has 1 atom stereocenters. The molecule has 0 bridgehead atoms. The topological polar surface area (TPSA) is 67.4 Å². The van der Waals surface area contributed by atoms with Gasteiger partial charge in [-0.15, -0.1) is 0 Å². The lowest BCUT2D eigenvalue weighted by Gasteiger charge is -2.21. The smallest absolute Gasteiger partial charge is 0.241 e. The average Bonchev–Trinajstić information content (AvgIpc) is 2.90. The van der Waals surface area contributed by atoms with E-state index in [1.165, 1.54) is 0 Å². The summed E-state index contributed by atoms with van der Waals surface area (Å²) in [5.74, 6) is 0. The Balaban J connectivity index is 1.92. The summed E-state index contributed by atoms with van der Waals surface area (Å²) in [4.78, 5) is 0.429. The van der Waals surface area contributed by atoms with Gasteiger partial charge in [0.25, 0.3) is 0 Å². The molecule has 2 heterocycles. The molecule has 2 N–H and O–H groups in total. The predicted octanol–water partition coefficient (Wildman–Crippen LogP) is 0.399. The summed E-state index contributed by atoms with van der Waals surface area (Å²) in [6.07, 6.45) is 1.50. The van der Waals surface area contributed by atoms with Crippen molar-refractivity contribution in [1.82, 2.24) is 10.0 Å². The molecule has 1 saturated heterocycles. The Kier molecular flexibility index (Phi) is 3.58. The fourth-order valence-corrected chi connectivity index (χ4v) is 4.23. The third kappa shape index (κ3) is 2.67. The number of sulfonamides is 1. The van der Waals surface area contributed by atoms with Gasteiger partial charge < -0.3 is 10.1 Å². The van der Waals surface area contributed by atoms with Crippen molar-refractivity contribution in [3.63, 3.8) is 0 Å². The van der Waals surface area contributed by atoms with E-state index in [0.29, 0.717) is 18.1 Å². The molecule has 1 aromatic rings. The molecule has 3 rings (SSSR count). The number of fused-ring (bicyclic) bond motifs is 1. The Morgan fingerprint density at radius 1 is 1.37 bits per heavy atom. The van der Waals surface area contributed by atoms with Crippen LogP contribution in [0.4, 0.5) is 0 Å². The van der Waals surface area contributed by atoms with E-state index >= 15 is 0 Å². The van der Waals surface area contributed by atoms with Crippen LogP contribution < -0.4 is 10.0 Å². The van der Waals surface area contributed by atoms with Crippen LogP contribution in [0, 0.1) is 0 Å². The molecule has 1 unspecified atom stereocenters. The normalized spacial score (nSPS) is 23.3. The Morgan fingerprint density at radius 2 is 2.26 bits per heavy atom. The first-order valence-corrected chi connectivity index (χ1v) is 8.07. The lowest BCUT2D eigenvalue weighted by Crippen LogP contribution is -2.36. The average molecular weight is 282 g/mol. The molecular weight excluding hydrogens is 264 g/mol. The van der Waals surface area contributed by atoms with Gasteiger partial charge in [-0.1, -0.05) is 12.1 Å². The van der Waals surface area contributed by atoms with Crippen LogP contribution in [0.3, 0.4) is 0 Å². The van der Waals surface area contributed by atoms with Crippen LogP contribution in [0.5, 0.6) is 0 Å². The van der Waals surface area contributed by atoms with Gasteiger partial charge in [0.05, 0.1) is 11.5 Å². The van der Waals surface area contributed by atoms with Gasteiger partial charge in [0.2, 0.25) is 10.0 Å². The largest absolute Gasteiger partial charge is 0.380 e. The van der Waals surface area contributed by atoms with Crippen LogP contribution >= 0.6 is 0 Å². The molecule has 1 fully saturated rings. The van der Waals surface area contributed by atoms with Crippen molar-refractivity contribution >= 4 is 10.0 Å². The van der Waals surface area contributed by atoms with Gasteiger partial charge >= 0.3 is 0 Å². The van der Waals surface area contributed by atoms with Crippen LogP contribution in [0.1, 0.15) is 17.5 Å². The first-order valence-electron chi connectivity index (χ1n) is 6.58. The molecule has 1 aromatic carbocycles. The Labute approximate surface area is 113 Å². The quantitative estimate of drug-likeness (QED) is 0.842. The zero-order valence-electron chi connectivity index (χ0n) is 10.7. The highest BCUT2D eigenvalue weighted by Crippen LogP contribution is 2.23. The van der Waals surface area contributed by atoms with Gasteiger partial charge in [-0.2, -0.15) is 0 Å². The van der Waals surface area contributed by atoms with Gasteiger partial charge in [0.1, 0.15) is 0 Å². The van der Waals surface area contributed by atoms with Crippen molar-refractivity contribution in [3.8, 4) is 0 Å². The maximum Gasteiger partial charge on any atom is 0.241 e. The van der Waals surface area contributed by atoms with E-state index in [9.17, 15) is 8.42 Å². The van der Waals surface area contributed by atoms with Gasteiger partial charge in [0.15, 0.2) is 0 Å². The molecule has 6 heteroatoms. The first-order chi connectivity index (χ1) is 9.17. The van der Waals surface area contributed by atoms with Crippen molar-refractivity contribution in [1.29, 1.82) is 0 Å². The molecule has 0 aliphatic carbocycles. The van der Waals surface area contributed by atoms with Crippen molar-refractivity contribution in [2.24, 2.45) is 0 Å². The van der Waals surface area contributed by atoms with Crippen molar-refractivity contribution in [2.75, 3.05) is 19.8 Å². The van der Waals surface area contributed by atoms with E-state index in [4.69, 9.17) is 4.74 Å². The van der Waals surface area contributed by atoms with E-state index in [1.807, 2.05) is 12.1 Å². The number of hydrogen-bond donors (Lipinski definition) is 2. The highest BCUT2D eigenvalue weighted by Gasteiger charge is 2.26. The minimum atomic E-state index is -3.44. The predicted molar refractivity (Wildman–Crippen MR) is 71.4 cm³/mol. The summed E-state index contributed by atoms with van der Waals surface area (Å²) in [7, 11) is -3.44. The van der Waals surface area contributed by atoms with Crippen LogP contribution in [-0.4, -0.2) is 34.2 Å². The van der Waals surface area contributed by atoms with E-state index in [2.05, 4.69) is 10.0 Å². The highest BCUT2D eigenvalue weighted by molar-refractivity contribution is 7.89. The standard InChI is InChI=1S/C13H18N2O3S/c16-19(17,15-11-5-7-18-9-11)13-3-1-2-10-8-14-6-4-12(10)13/h1-3,11,14-15H,4-9H2. The van der Waals surface area contributed by atoms with Crippen molar-refractivity contribution < 1.29 is 13.2 Å². The monoisotopic (exact) mass is 282 g/mol. The van der Waals surface area contributed by atoms with Crippen LogP contribution in [-0.2, 0) is 27.7 Å². The second kappa shape index (κ2) is 5.20. The molecule has 19 heavy (non-hydrogen) atoms. The lowest BCUT2D eigenvalue weighted by atomic mass is 10.0. The first kappa shape index (κ1) is 13.1. The van der Waals surface area contributed by atoms with Crippen molar-refractivity contribution in [3.05, 3.63) is 29.3 Å². The molecule has 0 aromatic heterocycles. The van der Waals surface area contributed by atoms with Gasteiger partial charge in [-0.3, -0.25) is 0 Å². The van der Waals surface area contributed by atoms with Gasteiger partial charge in [0, 0.05) is 19.2 Å². The summed E-state index contributed by atoms with van der Waals surface area (Å²) < 4.78 is 32.9. The van der Waals surface area contributed by atoms with Gasteiger partial charge in [-0.05, 0) is 36.6 Å². The molecule has 0 radical (unpaired) electrons. The Bertz CT molecular complexity index is 565. The third-order valence-electron chi connectivity index (χ3n) is 3.64. The minimum Gasteiger partial charge on any atom is -0.380 e.